The number of carbonyl (C=O) groups is 1. The molecular weight excluding hydrogens is 319 g/mol. The minimum absolute atomic E-state index is 0.0428. The number of nitro benzene ring substituents is 1. The van der Waals surface area contributed by atoms with Gasteiger partial charge < -0.3 is 0 Å². The maximum Gasteiger partial charge on any atom is 0.275 e. The zero-order valence-corrected chi connectivity index (χ0v) is 13.0. The van der Waals surface area contributed by atoms with Gasteiger partial charge in [-0.1, -0.05) is 18.2 Å². The molecule has 0 bridgehead atoms. The van der Waals surface area contributed by atoms with Crippen molar-refractivity contribution >= 4 is 29.0 Å². The number of halogens is 1. The van der Waals surface area contributed by atoms with Crippen LogP contribution in [0.15, 0.2) is 42.5 Å². The number of aryl methyl sites for hydroxylation is 1. The molecule has 0 N–H and O–H groups in total. The summed E-state index contributed by atoms with van der Waals surface area (Å²) in [7, 11) is 0. The summed E-state index contributed by atoms with van der Waals surface area (Å²) < 4.78 is 13.6. The van der Waals surface area contributed by atoms with Crippen LogP contribution in [0.25, 0.3) is 0 Å². The van der Waals surface area contributed by atoms with Crippen LogP contribution >= 0.6 is 11.8 Å². The summed E-state index contributed by atoms with van der Waals surface area (Å²) in [6.45, 7) is 1.78. The van der Waals surface area contributed by atoms with Gasteiger partial charge in [-0.05, 0) is 30.7 Å². The van der Waals surface area contributed by atoms with E-state index in [1.54, 1.807) is 31.2 Å². The number of carbonyl (C=O) groups excluding carboxylic acids is 1. The van der Waals surface area contributed by atoms with Crippen molar-refractivity contribution in [1.82, 2.24) is 0 Å². The molecule has 0 radical (unpaired) electrons. The maximum absolute atomic E-state index is 13.6. The topological polar surface area (TPSA) is 63.5 Å². The number of hydrogen-bond acceptors (Lipinski definition) is 4. The lowest BCUT2D eigenvalue weighted by molar-refractivity contribution is -0.385. The molecule has 7 heteroatoms. The molecule has 2 aromatic rings. The monoisotopic (exact) mass is 332 g/mol. The van der Waals surface area contributed by atoms with Crippen molar-refractivity contribution in [1.29, 1.82) is 0 Å². The van der Waals surface area contributed by atoms with Gasteiger partial charge in [0.05, 0.1) is 21.9 Å². The van der Waals surface area contributed by atoms with E-state index < -0.39 is 16.1 Å². The SMILES string of the molecule is Cc1ccc(F)cc1N1C(=O)CS[C@@H]1c1ccccc1[N+](=O)[O-]. The van der Waals surface area contributed by atoms with E-state index in [0.29, 0.717) is 11.3 Å². The molecule has 1 aliphatic heterocycles. The Hall–Kier alpha value is -2.41. The second-order valence-corrected chi connectivity index (χ2v) is 6.24. The number of para-hydroxylation sites is 1. The molecule has 5 nitrogen and oxygen atoms in total. The fourth-order valence-electron chi connectivity index (χ4n) is 2.62. The maximum atomic E-state index is 13.6. The first-order valence-corrected chi connectivity index (χ1v) is 7.97. The molecule has 1 atom stereocenters. The van der Waals surface area contributed by atoms with Gasteiger partial charge in [-0.15, -0.1) is 11.8 Å². The number of thioether (sulfide) groups is 1. The van der Waals surface area contributed by atoms with E-state index in [0.717, 1.165) is 5.56 Å². The second-order valence-electron chi connectivity index (χ2n) is 5.17. The highest BCUT2D eigenvalue weighted by Crippen LogP contribution is 2.45. The highest BCUT2D eigenvalue weighted by molar-refractivity contribution is 8.00. The van der Waals surface area contributed by atoms with Crippen LogP contribution in [-0.4, -0.2) is 16.6 Å². The van der Waals surface area contributed by atoms with E-state index in [-0.39, 0.29) is 17.3 Å². The highest BCUT2D eigenvalue weighted by atomic mass is 32.2. The van der Waals surface area contributed by atoms with Crippen LogP contribution in [0, 0.1) is 22.9 Å². The van der Waals surface area contributed by atoms with Crippen molar-refractivity contribution in [3.63, 3.8) is 0 Å². The average Bonchev–Trinajstić information content (AvgIpc) is 2.91. The Kier molecular flexibility index (Phi) is 4.04. The van der Waals surface area contributed by atoms with E-state index in [4.69, 9.17) is 0 Å². The van der Waals surface area contributed by atoms with Gasteiger partial charge in [0.25, 0.3) is 5.69 Å². The number of nitrogens with zero attached hydrogens (tertiary/aromatic N) is 2. The van der Waals surface area contributed by atoms with Gasteiger partial charge in [0.15, 0.2) is 0 Å². The van der Waals surface area contributed by atoms with Crippen molar-refractivity contribution < 1.29 is 14.1 Å². The molecule has 0 unspecified atom stereocenters. The standard InChI is InChI=1S/C16H13FN2O3S/c1-10-6-7-11(17)8-14(10)18-15(20)9-23-16(18)12-4-2-3-5-13(12)19(21)22/h2-8,16H,9H2,1H3/t16-/m1/s1. The molecule has 3 rings (SSSR count). The van der Waals surface area contributed by atoms with Crippen LogP contribution in [0.1, 0.15) is 16.5 Å². The number of anilines is 1. The second kappa shape index (κ2) is 6.00. The Labute approximate surface area is 136 Å². The number of benzene rings is 2. The molecule has 0 saturated carbocycles. The molecule has 1 amide bonds. The van der Waals surface area contributed by atoms with Crippen molar-refractivity contribution in [3.8, 4) is 0 Å². The van der Waals surface area contributed by atoms with Gasteiger partial charge >= 0.3 is 0 Å². The van der Waals surface area contributed by atoms with Crippen LogP contribution in [0.3, 0.4) is 0 Å². The summed E-state index contributed by atoms with van der Waals surface area (Å²) in [5, 5.41) is 10.7. The molecule has 23 heavy (non-hydrogen) atoms. The van der Waals surface area contributed by atoms with Gasteiger partial charge in [-0.25, -0.2) is 4.39 Å². The Bertz CT molecular complexity index is 797. The summed E-state index contributed by atoms with van der Waals surface area (Å²) in [6.07, 6.45) is 0. The number of hydrogen-bond donors (Lipinski definition) is 0. The van der Waals surface area contributed by atoms with Crippen molar-refractivity contribution in [2.45, 2.75) is 12.3 Å². The van der Waals surface area contributed by atoms with Crippen molar-refractivity contribution in [3.05, 3.63) is 69.5 Å². The summed E-state index contributed by atoms with van der Waals surface area (Å²) in [5.74, 6) is -0.435. The molecule has 1 aliphatic rings. The fraction of sp³-hybridized carbons (Fsp3) is 0.188. The molecule has 1 saturated heterocycles. The lowest BCUT2D eigenvalue weighted by atomic mass is 10.1. The van der Waals surface area contributed by atoms with Crippen LogP contribution in [0.5, 0.6) is 0 Å². The zero-order chi connectivity index (χ0) is 16.6. The Balaban J connectivity index is 2.11. The predicted molar refractivity (Wildman–Crippen MR) is 86.9 cm³/mol. The summed E-state index contributed by atoms with van der Waals surface area (Å²) in [4.78, 5) is 24.6. The molecule has 118 valence electrons. The van der Waals surface area contributed by atoms with E-state index in [1.165, 1.54) is 34.9 Å². The number of nitro groups is 1. The third-order valence-electron chi connectivity index (χ3n) is 3.70. The molecule has 1 fully saturated rings. The lowest BCUT2D eigenvalue weighted by Gasteiger charge is -2.25. The molecule has 2 aromatic carbocycles. The van der Waals surface area contributed by atoms with Crippen molar-refractivity contribution in [2.24, 2.45) is 0 Å². The Morgan fingerprint density at radius 2 is 2.04 bits per heavy atom. The first-order valence-electron chi connectivity index (χ1n) is 6.92. The Morgan fingerprint density at radius 3 is 2.78 bits per heavy atom. The van der Waals surface area contributed by atoms with Gasteiger partial charge in [0.2, 0.25) is 5.91 Å². The first-order chi connectivity index (χ1) is 11.0. The van der Waals surface area contributed by atoms with E-state index in [1.807, 2.05) is 0 Å². The minimum Gasteiger partial charge on any atom is -0.294 e. The Morgan fingerprint density at radius 1 is 1.30 bits per heavy atom. The predicted octanol–water partition coefficient (Wildman–Crippen LogP) is 3.82. The molecule has 0 spiro atoms. The third kappa shape index (κ3) is 2.79. The number of amides is 1. The zero-order valence-electron chi connectivity index (χ0n) is 12.2. The van der Waals surface area contributed by atoms with E-state index >= 15 is 0 Å². The van der Waals surface area contributed by atoms with Crippen LogP contribution in [0.4, 0.5) is 15.8 Å². The normalized spacial score (nSPS) is 17.6. The molecule has 0 aliphatic carbocycles. The lowest BCUT2D eigenvalue weighted by Crippen LogP contribution is -2.29. The van der Waals surface area contributed by atoms with E-state index in [9.17, 15) is 19.3 Å². The summed E-state index contributed by atoms with van der Waals surface area (Å²) >= 11 is 1.30. The van der Waals surface area contributed by atoms with Crippen LogP contribution < -0.4 is 4.90 Å². The highest BCUT2D eigenvalue weighted by Gasteiger charge is 2.38. The average molecular weight is 332 g/mol. The van der Waals surface area contributed by atoms with Gasteiger partial charge in [-0.2, -0.15) is 0 Å². The molecular formula is C16H13FN2O3S. The molecule has 0 aromatic heterocycles. The van der Waals surface area contributed by atoms with Gasteiger partial charge in [0.1, 0.15) is 11.2 Å². The van der Waals surface area contributed by atoms with Crippen molar-refractivity contribution in [2.75, 3.05) is 10.7 Å². The van der Waals surface area contributed by atoms with Gasteiger partial charge in [0, 0.05) is 6.07 Å². The van der Waals surface area contributed by atoms with Gasteiger partial charge in [-0.3, -0.25) is 19.8 Å². The van der Waals surface area contributed by atoms with E-state index in [2.05, 4.69) is 0 Å². The third-order valence-corrected chi connectivity index (χ3v) is 4.89. The minimum atomic E-state index is -0.537. The quantitative estimate of drug-likeness (QED) is 0.633. The summed E-state index contributed by atoms with van der Waals surface area (Å²) in [6, 6.07) is 10.5. The number of rotatable bonds is 3. The first kappa shape index (κ1) is 15.5. The largest absolute Gasteiger partial charge is 0.294 e. The fourth-order valence-corrected chi connectivity index (χ4v) is 3.82. The van der Waals surface area contributed by atoms with Crippen LogP contribution in [0.2, 0.25) is 0 Å². The summed E-state index contributed by atoms with van der Waals surface area (Å²) in [5.41, 5.74) is 1.59. The van der Waals surface area contributed by atoms with Crippen LogP contribution in [-0.2, 0) is 4.79 Å². The smallest absolute Gasteiger partial charge is 0.275 e. The molecule has 1 heterocycles.